The summed E-state index contributed by atoms with van der Waals surface area (Å²) in [4.78, 5) is 30.1. The van der Waals surface area contributed by atoms with Gasteiger partial charge in [-0.1, -0.05) is 68.3 Å². The Morgan fingerprint density at radius 1 is 0.550 bits per heavy atom. The van der Waals surface area contributed by atoms with Gasteiger partial charge in [-0.15, -0.1) is 0 Å². The molecule has 4 rings (SSSR count). The minimum absolute atomic E-state index is 0.172. The summed E-state index contributed by atoms with van der Waals surface area (Å²) in [7, 11) is 0. The average molecular weight is 796 g/mol. The van der Waals surface area contributed by atoms with E-state index in [1.54, 1.807) is 21.9 Å². The van der Waals surface area contributed by atoms with Crippen LogP contribution in [0.4, 0.5) is 11.4 Å². The SMILES string of the molecule is O=C(COc1ccc(Br)cc1Br)N(CCN(C(=O)COc1ccc(Br)cc1Br)c1ccccc1)c1ccccc1. The topological polar surface area (TPSA) is 59.1 Å². The first-order valence-corrected chi connectivity index (χ1v) is 15.4. The summed E-state index contributed by atoms with van der Waals surface area (Å²) in [5.74, 6) is 0.636. The van der Waals surface area contributed by atoms with Gasteiger partial charge >= 0.3 is 0 Å². The summed E-state index contributed by atoms with van der Waals surface area (Å²) >= 11 is 13.8. The molecular weight excluding hydrogens is 772 g/mol. The van der Waals surface area contributed by atoms with Gasteiger partial charge in [0.05, 0.1) is 8.95 Å². The van der Waals surface area contributed by atoms with Crippen molar-refractivity contribution in [2.75, 3.05) is 36.1 Å². The lowest BCUT2D eigenvalue weighted by Gasteiger charge is -2.28. The van der Waals surface area contributed by atoms with E-state index in [1.165, 1.54) is 0 Å². The van der Waals surface area contributed by atoms with Crippen LogP contribution in [-0.2, 0) is 9.59 Å². The number of hydrogen-bond acceptors (Lipinski definition) is 4. The van der Waals surface area contributed by atoms with Crippen LogP contribution in [0.1, 0.15) is 0 Å². The summed E-state index contributed by atoms with van der Waals surface area (Å²) in [6, 6.07) is 29.6. The second-order valence-corrected chi connectivity index (χ2v) is 12.0. The molecule has 6 nitrogen and oxygen atoms in total. The van der Waals surface area contributed by atoms with Crippen molar-refractivity contribution in [1.82, 2.24) is 0 Å². The lowest BCUT2D eigenvalue weighted by molar-refractivity contribution is -0.122. The molecule has 10 heteroatoms. The summed E-state index contributed by atoms with van der Waals surface area (Å²) in [6.45, 7) is 0.150. The first-order valence-electron chi connectivity index (χ1n) is 12.2. The number of ether oxygens (including phenoxy) is 2. The molecule has 206 valence electrons. The van der Waals surface area contributed by atoms with Crippen LogP contribution in [0.5, 0.6) is 11.5 Å². The number of para-hydroxylation sites is 2. The maximum absolute atomic E-state index is 13.4. The van der Waals surface area contributed by atoms with Crippen LogP contribution in [0.15, 0.2) is 115 Å². The minimum atomic E-state index is -0.239. The Labute approximate surface area is 266 Å². The molecule has 0 heterocycles. The molecule has 0 N–H and O–H groups in total. The quantitative estimate of drug-likeness (QED) is 0.154. The number of nitrogens with zero attached hydrogens (tertiary/aromatic N) is 2. The monoisotopic (exact) mass is 792 g/mol. The summed E-state index contributed by atoms with van der Waals surface area (Å²) in [6.07, 6.45) is 0. The Bertz CT molecular complexity index is 1340. The van der Waals surface area contributed by atoms with Crippen LogP contribution in [0, 0.1) is 0 Å². The van der Waals surface area contributed by atoms with E-state index in [0.29, 0.717) is 22.9 Å². The third-order valence-corrected chi connectivity index (χ3v) is 8.00. The fraction of sp³-hybridized carbons (Fsp3) is 0.133. The fourth-order valence-corrected chi connectivity index (χ4v) is 6.15. The first-order chi connectivity index (χ1) is 19.3. The highest BCUT2D eigenvalue weighted by molar-refractivity contribution is 9.11. The van der Waals surface area contributed by atoms with E-state index >= 15 is 0 Å². The molecule has 0 aliphatic heterocycles. The number of hydrogen-bond donors (Lipinski definition) is 0. The van der Waals surface area contributed by atoms with E-state index in [9.17, 15) is 9.59 Å². The number of amides is 2. The highest BCUT2D eigenvalue weighted by atomic mass is 79.9. The Hall–Kier alpha value is -2.66. The number of halogens is 4. The zero-order chi connectivity index (χ0) is 28.5. The van der Waals surface area contributed by atoms with Crippen molar-refractivity contribution >= 4 is 86.9 Å². The molecule has 0 spiro atoms. The Kier molecular flexibility index (Phi) is 11.2. The molecule has 4 aromatic carbocycles. The third-order valence-electron chi connectivity index (χ3n) is 5.78. The van der Waals surface area contributed by atoms with Crippen molar-refractivity contribution in [3.8, 4) is 11.5 Å². The van der Waals surface area contributed by atoms with E-state index < -0.39 is 0 Å². The van der Waals surface area contributed by atoms with Crippen molar-refractivity contribution < 1.29 is 19.1 Å². The van der Waals surface area contributed by atoms with Crippen LogP contribution >= 0.6 is 63.7 Å². The van der Waals surface area contributed by atoms with Gasteiger partial charge in [-0.25, -0.2) is 0 Å². The first kappa shape index (κ1) is 30.3. The molecule has 0 aromatic heterocycles. The Balaban J connectivity index is 1.50. The Morgan fingerprint density at radius 3 is 1.27 bits per heavy atom. The smallest absolute Gasteiger partial charge is 0.264 e. The molecule has 2 amide bonds. The number of carbonyl (C=O) groups excluding carboxylic acids is 2. The average Bonchev–Trinajstić information content (AvgIpc) is 2.95. The summed E-state index contributed by atoms with van der Waals surface area (Å²) in [5.41, 5.74) is 1.42. The molecule has 0 aliphatic carbocycles. The highest BCUT2D eigenvalue weighted by Crippen LogP contribution is 2.29. The third kappa shape index (κ3) is 8.42. The van der Waals surface area contributed by atoms with E-state index in [-0.39, 0.29) is 38.1 Å². The fourth-order valence-electron chi connectivity index (χ4n) is 3.83. The lowest BCUT2D eigenvalue weighted by atomic mass is 10.2. The van der Waals surface area contributed by atoms with Crippen molar-refractivity contribution in [3.63, 3.8) is 0 Å². The van der Waals surface area contributed by atoms with E-state index in [0.717, 1.165) is 17.9 Å². The van der Waals surface area contributed by atoms with Crippen molar-refractivity contribution in [2.24, 2.45) is 0 Å². The zero-order valence-electron chi connectivity index (χ0n) is 21.1. The standard InChI is InChI=1S/C30H24Br4N2O4/c31-21-11-13-27(25(33)17-21)39-19-29(37)35(23-7-3-1-4-8-23)15-16-36(24-9-5-2-6-10-24)30(38)20-40-28-14-12-22(32)18-26(28)34/h1-14,17-18H,15-16,19-20H2. The summed E-state index contributed by atoms with van der Waals surface area (Å²) in [5, 5.41) is 0. The van der Waals surface area contributed by atoms with Gasteiger partial charge in [0.1, 0.15) is 11.5 Å². The van der Waals surface area contributed by atoms with Crippen LogP contribution in [0.3, 0.4) is 0 Å². The predicted molar refractivity (Wildman–Crippen MR) is 172 cm³/mol. The molecule has 4 aromatic rings. The molecular formula is C30H24Br4N2O4. The van der Waals surface area contributed by atoms with E-state index in [4.69, 9.17) is 9.47 Å². The summed E-state index contributed by atoms with van der Waals surface area (Å²) < 4.78 is 14.9. The van der Waals surface area contributed by atoms with Crippen LogP contribution in [-0.4, -0.2) is 38.1 Å². The van der Waals surface area contributed by atoms with Crippen LogP contribution in [0.2, 0.25) is 0 Å². The molecule has 0 radical (unpaired) electrons. The number of rotatable bonds is 11. The molecule has 0 fully saturated rings. The van der Waals surface area contributed by atoms with Gasteiger partial charge in [-0.3, -0.25) is 9.59 Å². The molecule has 0 bridgehead atoms. The maximum atomic E-state index is 13.4. The van der Waals surface area contributed by atoms with Gasteiger partial charge in [-0.2, -0.15) is 0 Å². The predicted octanol–water partition coefficient (Wildman–Crippen LogP) is 8.26. The number of anilines is 2. The Morgan fingerprint density at radius 2 is 0.925 bits per heavy atom. The van der Waals surface area contributed by atoms with E-state index in [2.05, 4.69) is 63.7 Å². The normalized spacial score (nSPS) is 10.6. The molecule has 0 aliphatic rings. The maximum Gasteiger partial charge on any atom is 0.264 e. The molecule has 0 atom stereocenters. The van der Waals surface area contributed by atoms with E-state index in [1.807, 2.05) is 84.9 Å². The number of carbonyl (C=O) groups is 2. The van der Waals surface area contributed by atoms with Crippen LogP contribution in [0.25, 0.3) is 0 Å². The van der Waals surface area contributed by atoms with Crippen molar-refractivity contribution in [3.05, 3.63) is 115 Å². The van der Waals surface area contributed by atoms with Gasteiger partial charge < -0.3 is 19.3 Å². The molecule has 0 saturated carbocycles. The second kappa shape index (κ2) is 14.8. The lowest BCUT2D eigenvalue weighted by Crippen LogP contribution is -2.44. The highest BCUT2D eigenvalue weighted by Gasteiger charge is 2.22. The molecule has 40 heavy (non-hydrogen) atoms. The second-order valence-electron chi connectivity index (χ2n) is 8.49. The van der Waals surface area contributed by atoms with Crippen molar-refractivity contribution in [2.45, 2.75) is 0 Å². The van der Waals surface area contributed by atoms with Crippen LogP contribution < -0.4 is 19.3 Å². The molecule has 0 unspecified atom stereocenters. The van der Waals surface area contributed by atoms with Gasteiger partial charge in [0.2, 0.25) is 0 Å². The van der Waals surface area contributed by atoms with Gasteiger partial charge in [0, 0.05) is 33.4 Å². The van der Waals surface area contributed by atoms with Crippen molar-refractivity contribution in [1.29, 1.82) is 0 Å². The number of benzene rings is 4. The largest absolute Gasteiger partial charge is 0.483 e. The van der Waals surface area contributed by atoms with Gasteiger partial charge in [0.15, 0.2) is 13.2 Å². The van der Waals surface area contributed by atoms with Gasteiger partial charge in [0.25, 0.3) is 11.8 Å². The van der Waals surface area contributed by atoms with Gasteiger partial charge in [-0.05, 0) is 92.5 Å². The molecule has 0 saturated heterocycles. The zero-order valence-corrected chi connectivity index (χ0v) is 27.4. The minimum Gasteiger partial charge on any atom is -0.483 e.